The molecule has 2 heterocycles. The summed E-state index contributed by atoms with van der Waals surface area (Å²) >= 11 is 5.94. The number of ether oxygens (including phenoxy) is 1. The average molecular weight is 324 g/mol. The summed E-state index contributed by atoms with van der Waals surface area (Å²) in [5.41, 5.74) is 3.36. The number of hydrogen-bond donors (Lipinski definition) is 0. The van der Waals surface area contributed by atoms with Crippen molar-refractivity contribution in [1.29, 1.82) is 0 Å². The molecule has 2 aromatic rings. The summed E-state index contributed by atoms with van der Waals surface area (Å²) in [4.78, 5) is 6.38. The van der Waals surface area contributed by atoms with Crippen LogP contribution < -0.4 is 4.90 Å². The highest BCUT2D eigenvalue weighted by molar-refractivity contribution is 6.17. The number of anilines is 1. The summed E-state index contributed by atoms with van der Waals surface area (Å²) in [6, 6.07) is 5.41. The minimum atomic E-state index is -0.198. The topological polar surface area (TPSA) is 30.3 Å². The molecule has 6 heteroatoms. The molecule has 1 saturated heterocycles. The van der Waals surface area contributed by atoms with Crippen LogP contribution in [0.5, 0.6) is 0 Å². The molecule has 0 unspecified atom stereocenters. The lowest BCUT2D eigenvalue weighted by Gasteiger charge is -2.29. The molecule has 0 atom stereocenters. The number of aryl methyl sites for hydroxylation is 1. The van der Waals surface area contributed by atoms with Crippen molar-refractivity contribution in [1.82, 2.24) is 9.55 Å². The van der Waals surface area contributed by atoms with Crippen LogP contribution in [0.25, 0.3) is 0 Å². The first-order chi connectivity index (χ1) is 10.7. The Labute approximate surface area is 134 Å². The summed E-state index contributed by atoms with van der Waals surface area (Å²) < 4.78 is 21.6. The number of benzene rings is 1. The quantitative estimate of drug-likeness (QED) is 0.810. The number of morpholine rings is 1. The monoisotopic (exact) mass is 323 g/mol. The third-order valence-electron chi connectivity index (χ3n) is 4.04. The molecule has 22 heavy (non-hydrogen) atoms. The van der Waals surface area contributed by atoms with E-state index in [0.29, 0.717) is 31.2 Å². The van der Waals surface area contributed by atoms with E-state index in [0.717, 1.165) is 30.2 Å². The zero-order valence-corrected chi connectivity index (χ0v) is 13.3. The Hall–Kier alpha value is -1.59. The van der Waals surface area contributed by atoms with E-state index in [9.17, 15) is 4.39 Å². The van der Waals surface area contributed by atoms with E-state index in [1.165, 1.54) is 0 Å². The minimum Gasteiger partial charge on any atom is -0.378 e. The van der Waals surface area contributed by atoms with Gasteiger partial charge in [-0.15, -0.1) is 11.6 Å². The van der Waals surface area contributed by atoms with Crippen molar-refractivity contribution in [2.24, 2.45) is 0 Å². The number of alkyl halides is 1. The molecular weight excluding hydrogens is 305 g/mol. The van der Waals surface area contributed by atoms with Crippen molar-refractivity contribution in [3.05, 3.63) is 47.3 Å². The van der Waals surface area contributed by atoms with Gasteiger partial charge in [-0.25, -0.2) is 9.37 Å². The molecule has 1 aromatic carbocycles. The summed E-state index contributed by atoms with van der Waals surface area (Å²) in [6.45, 7) is 5.34. The zero-order valence-electron chi connectivity index (χ0n) is 12.6. The van der Waals surface area contributed by atoms with E-state index in [-0.39, 0.29) is 5.82 Å². The maximum atomic E-state index is 14.4. The van der Waals surface area contributed by atoms with Gasteiger partial charge in [-0.05, 0) is 19.1 Å². The molecule has 0 spiro atoms. The largest absolute Gasteiger partial charge is 0.378 e. The maximum absolute atomic E-state index is 14.4. The highest BCUT2D eigenvalue weighted by Crippen LogP contribution is 2.21. The van der Waals surface area contributed by atoms with Gasteiger partial charge in [0, 0.05) is 24.3 Å². The molecular formula is C16H19ClFN3O. The normalized spacial score (nSPS) is 15.3. The van der Waals surface area contributed by atoms with Crippen LogP contribution in [0.3, 0.4) is 0 Å². The molecule has 0 saturated carbocycles. The molecule has 4 nitrogen and oxygen atoms in total. The predicted octanol–water partition coefficient (Wildman–Crippen LogP) is 2.95. The average Bonchev–Trinajstić information content (AvgIpc) is 2.90. The molecule has 1 aromatic heterocycles. The van der Waals surface area contributed by atoms with E-state index < -0.39 is 0 Å². The van der Waals surface area contributed by atoms with Crippen molar-refractivity contribution in [3.63, 3.8) is 0 Å². The van der Waals surface area contributed by atoms with Crippen LogP contribution in [0.4, 0.5) is 10.1 Å². The molecule has 1 fully saturated rings. The summed E-state index contributed by atoms with van der Waals surface area (Å²) in [5.74, 6) is 0.176. The molecule has 3 rings (SSSR count). The fourth-order valence-corrected chi connectivity index (χ4v) is 3.03. The Bertz CT molecular complexity index is 653. The standard InChI is InChI=1S/C16H19ClFN3O/c1-12-16(9-17)21(11-19-12)10-13-2-3-14(8-15(13)18)20-4-6-22-7-5-20/h2-3,8,11H,4-7,9-10H2,1H3. The Morgan fingerprint density at radius 2 is 2.09 bits per heavy atom. The van der Waals surface area contributed by atoms with Crippen molar-refractivity contribution < 1.29 is 9.13 Å². The Morgan fingerprint density at radius 1 is 1.32 bits per heavy atom. The van der Waals surface area contributed by atoms with Gasteiger partial charge >= 0.3 is 0 Å². The number of halogens is 2. The maximum Gasteiger partial charge on any atom is 0.130 e. The van der Waals surface area contributed by atoms with Crippen molar-refractivity contribution in [2.45, 2.75) is 19.3 Å². The lowest BCUT2D eigenvalue weighted by atomic mass is 10.1. The van der Waals surface area contributed by atoms with Crippen LogP contribution in [-0.4, -0.2) is 35.9 Å². The van der Waals surface area contributed by atoms with Crippen molar-refractivity contribution in [3.8, 4) is 0 Å². The van der Waals surface area contributed by atoms with Crippen LogP contribution in [0, 0.1) is 12.7 Å². The highest BCUT2D eigenvalue weighted by Gasteiger charge is 2.14. The molecule has 118 valence electrons. The molecule has 0 aliphatic carbocycles. The van der Waals surface area contributed by atoms with Gasteiger partial charge in [-0.3, -0.25) is 0 Å². The second-order valence-corrected chi connectivity index (χ2v) is 5.68. The zero-order chi connectivity index (χ0) is 15.5. The van der Waals surface area contributed by atoms with Gasteiger partial charge in [0.05, 0.1) is 43.4 Å². The number of imidazole rings is 1. The lowest BCUT2D eigenvalue weighted by Crippen LogP contribution is -2.36. The van der Waals surface area contributed by atoms with Crippen LogP contribution in [-0.2, 0) is 17.2 Å². The first-order valence-electron chi connectivity index (χ1n) is 7.36. The predicted molar refractivity (Wildman–Crippen MR) is 85.1 cm³/mol. The SMILES string of the molecule is Cc1ncn(Cc2ccc(N3CCOCC3)cc2F)c1CCl. The number of rotatable bonds is 4. The van der Waals surface area contributed by atoms with Crippen LogP contribution in [0.2, 0.25) is 0 Å². The van der Waals surface area contributed by atoms with Gasteiger partial charge in [0.2, 0.25) is 0 Å². The van der Waals surface area contributed by atoms with Gasteiger partial charge in [0.15, 0.2) is 0 Å². The first kappa shape index (κ1) is 15.3. The fourth-order valence-electron chi connectivity index (χ4n) is 2.68. The van der Waals surface area contributed by atoms with Gasteiger partial charge in [0.1, 0.15) is 5.82 Å². The van der Waals surface area contributed by atoms with Crippen LogP contribution in [0.15, 0.2) is 24.5 Å². The molecule has 1 aliphatic rings. The van der Waals surface area contributed by atoms with Crippen molar-refractivity contribution in [2.75, 3.05) is 31.2 Å². The van der Waals surface area contributed by atoms with Gasteiger partial charge < -0.3 is 14.2 Å². The Kier molecular flexibility index (Phi) is 4.64. The van der Waals surface area contributed by atoms with Crippen LogP contribution >= 0.6 is 11.6 Å². The lowest BCUT2D eigenvalue weighted by molar-refractivity contribution is 0.122. The second-order valence-electron chi connectivity index (χ2n) is 5.41. The van der Waals surface area contributed by atoms with E-state index in [4.69, 9.17) is 16.3 Å². The van der Waals surface area contributed by atoms with E-state index in [2.05, 4.69) is 9.88 Å². The number of hydrogen-bond acceptors (Lipinski definition) is 3. The molecule has 0 bridgehead atoms. The Morgan fingerprint density at radius 3 is 2.77 bits per heavy atom. The first-order valence-corrected chi connectivity index (χ1v) is 7.90. The van der Waals surface area contributed by atoms with Crippen molar-refractivity contribution >= 4 is 17.3 Å². The third kappa shape index (κ3) is 3.10. The van der Waals surface area contributed by atoms with E-state index >= 15 is 0 Å². The summed E-state index contributed by atoms with van der Waals surface area (Å²) in [7, 11) is 0. The molecule has 0 amide bonds. The minimum absolute atomic E-state index is 0.198. The smallest absolute Gasteiger partial charge is 0.130 e. The Balaban J connectivity index is 1.80. The molecule has 0 radical (unpaired) electrons. The van der Waals surface area contributed by atoms with E-state index in [1.807, 2.05) is 23.6 Å². The fraction of sp³-hybridized carbons (Fsp3) is 0.438. The second kappa shape index (κ2) is 6.67. The van der Waals surface area contributed by atoms with Gasteiger partial charge in [-0.2, -0.15) is 0 Å². The van der Waals surface area contributed by atoms with E-state index in [1.54, 1.807) is 12.4 Å². The molecule has 1 aliphatic heterocycles. The summed E-state index contributed by atoms with van der Waals surface area (Å²) in [5, 5.41) is 0. The molecule has 0 N–H and O–H groups in total. The summed E-state index contributed by atoms with van der Waals surface area (Å²) in [6.07, 6.45) is 1.71. The van der Waals surface area contributed by atoms with Crippen LogP contribution in [0.1, 0.15) is 17.0 Å². The van der Waals surface area contributed by atoms with Gasteiger partial charge in [-0.1, -0.05) is 6.07 Å². The van der Waals surface area contributed by atoms with Gasteiger partial charge in [0.25, 0.3) is 0 Å². The number of nitrogens with zero attached hydrogens (tertiary/aromatic N) is 3. The third-order valence-corrected chi connectivity index (χ3v) is 4.29. The highest BCUT2D eigenvalue weighted by atomic mass is 35.5. The number of aromatic nitrogens is 2.